The van der Waals surface area contributed by atoms with E-state index in [0.717, 1.165) is 14.6 Å². The molecule has 0 unspecified atom stereocenters. The van der Waals surface area contributed by atoms with E-state index in [-0.39, 0.29) is 0 Å². The summed E-state index contributed by atoms with van der Waals surface area (Å²) < 4.78 is 1.89. The molecule has 0 radical (unpaired) electrons. The van der Waals surface area contributed by atoms with Gasteiger partial charge in [-0.05, 0) is 50.9 Å². The van der Waals surface area contributed by atoms with Crippen molar-refractivity contribution < 1.29 is 0 Å². The van der Waals surface area contributed by atoms with Crippen molar-refractivity contribution in [2.45, 2.75) is 6.92 Å². The largest absolute Gasteiger partial charge is 0.338 e. The fourth-order valence-electron chi connectivity index (χ4n) is 1.34. The molecule has 0 amide bonds. The second-order valence-corrected chi connectivity index (χ2v) is 5.44. The highest BCUT2D eigenvalue weighted by molar-refractivity contribution is 9.11. The Labute approximate surface area is 121 Å². The summed E-state index contributed by atoms with van der Waals surface area (Å²) in [5.41, 5.74) is 0.904. The van der Waals surface area contributed by atoms with Crippen LogP contribution >= 0.6 is 43.5 Å². The standard InChI is InChI=1S/C11H8Br2ClN3/c1-6-15-9(14)5-10(16-6)17-11-7(12)3-2-4-8(11)13/h2-5H,1H3,(H,15,16,17). The van der Waals surface area contributed by atoms with Gasteiger partial charge in [0, 0.05) is 15.0 Å². The number of rotatable bonds is 2. The minimum atomic E-state index is 0.420. The van der Waals surface area contributed by atoms with Gasteiger partial charge in [-0.25, -0.2) is 9.97 Å². The maximum absolute atomic E-state index is 5.88. The highest BCUT2D eigenvalue weighted by Gasteiger charge is 2.06. The van der Waals surface area contributed by atoms with Gasteiger partial charge in [-0.2, -0.15) is 0 Å². The number of benzene rings is 1. The third-order valence-electron chi connectivity index (χ3n) is 2.02. The van der Waals surface area contributed by atoms with E-state index in [4.69, 9.17) is 11.6 Å². The van der Waals surface area contributed by atoms with E-state index in [9.17, 15) is 0 Å². The number of nitrogens with zero attached hydrogens (tertiary/aromatic N) is 2. The topological polar surface area (TPSA) is 37.8 Å². The summed E-state index contributed by atoms with van der Waals surface area (Å²) in [7, 11) is 0. The summed E-state index contributed by atoms with van der Waals surface area (Å²) in [4.78, 5) is 8.27. The third-order valence-corrected chi connectivity index (χ3v) is 3.54. The molecule has 2 rings (SSSR count). The minimum Gasteiger partial charge on any atom is -0.338 e. The monoisotopic (exact) mass is 375 g/mol. The number of hydrogen-bond acceptors (Lipinski definition) is 3. The van der Waals surface area contributed by atoms with Crippen molar-refractivity contribution in [1.29, 1.82) is 0 Å². The van der Waals surface area contributed by atoms with Gasteiger partial charge in [-0.3, -0.25) is 0 Å². The van der Waals surface area contributed by atoms with Crippen LogP contribution in [-0.2, 0) is 0 Å². The zero-order valence-corrected chi connectivity index (χ0v) is 12.8. The Kier molecular flexibility index (Phi) is 4.01. The quantitative estimate of drug-likeness (QED) is 0.771. The first-order chi connectivity index (χ1) is 8.06. The number of para-hydroxylation sites is 1. The molecule has 17 heavy (non-hydrogen) atoms. The Morgan fingerprint density at radius 1 is 1.18 bits per heavy atom. The van der Waals surface area contributed by atoms with E-state index in [1.807, 2.05) is 18.2 Å². The van der Waals surface area contributed by atoms with E-state index in [1.165, 1.54) is 0 Å². The van der Waals surface area contributed by atoms with Crippen molar-refractivity contribution in [3.8, 4) is 0 Å². The SMILES string of the molecule is Cc1nc(Cl)cc(Nc2c(Br)cccc2Br)n1. The molecule has 1 N–H and O–H groups in total. The molecule has 0 aliphatic rings. The van der Waals surface area contributed by atoms with Crippen molar-refractivity contribution in [3.05, 3.63) is 44.2 Å². The van der Waals surface area contributed by atoms with Gasteiger partial charge in [0.25, 0.3) is 0 Å². The number of aryl methyl sites for hydroxylation is 1. The summed E-state index contributed by atoms with van der Waals surface area (Å²) in [5, 5.41) is 3.61. The normalized spacial score (nSPS) is 10.4. The van der Waals surface area contributed by atoms with Crippen LogP contribution in [0.5, 0.6) is 0 Å². The second-order valence-electron chi connectivity index (χ2n) is 3.34. The molecule has 1 aromatic carbocycles. The van der Waals surface area contributed by atoms with Gasteiger partial charge in [0.15, 0.2) is 0 Å². The zero-order chi connectivity index (χ0) is 12.4. The first-order valence-electron chi connectivity index (χ1n) is 4.78. The minimum absolute atomic E-state index is 0.420. The van der Waals surface area contributed by atoms with E-state index in [1.54, 1.807) is 13.0 Å². The molecule has 0 fully saturated rings. The van der Waals surface area contributed by atoms with Crippen LogP contribution in [0.15, 0.2) is 33.2 Å². The number of anilines is 2. The summed E-state index contributed by atoms with van der Waals surface area (Å²) in [6.45, 7) is 1.80. The lowest BCUT2D eigenvalue weighted by atomic mass is 10.3. The summed E-state index contributed by atoms with van der Waals surface area (Å²) in [5.74, 6) is 1.29. The van der Waals surface area contributed by atoms with Crippen LogP contribution in [0.4, 0.5) is 11.5 Å². The van der Waals surface area contributed by atoms with Crippen LogP contribution < -0.4 is 5.32 Å². The van der Waals surface area contributed by atoms with Crippen molar-refractivity contribution in [2.75, 3.05) is 5.32 Å². The van der Waals surface area contributed by atoms with Gasteiger partial charge in [0.2, 0.25) is 0 Å². The van der Waals surface area contributed by atoms with Crippen LogP contribution in [0.2, 0.25) is 5.15 Å². The molecule has 88 valence electrons. The van der Waals surface area contributed by atoms with Gasteiger partial charge in [0.1, 0.15) is 16.8 Å². The van der Waals surface area contributed by atoms with Gasteiger partial charge in [-0.1, -0.05) is 17.7 Å². The van der Waals surface area contributed by atoms with Crippen LogP contribution in [0, 0.1) is 6.92 Å². The average molecular weight is 377 g/mol. The Bertz CT molecular complexity index is 520. The summed E-state index contributed by atoms with van der Waals surface area (Å²) >= 11 is 12.8. The molecule has 0 aliphatic carbocycles. The highest BCUT2D eigenvalue weighted by Crippen LogP contribution is 2.32. The van der Waals surface area contributed by atoms with Gasteiger partial charge in [0.05, 0.1) is 5.69 Å². The maximum atomic E-state index is 5.88. The van der Waals surface area contributed by atoms with Gasteiger partial charge < -0.3 is 5.32 Å². The van der Waals surface area contributed by atoms with Crippen LogP contribution in [0.25, 0.3) is 0 Å². The number of hydrogen-bond donors (Lipinski definition) is 1. The molecule has 0 saturated heterocycles. The van der Waals surface area contributed by atoms with Gasteiger partial charge in [-0.15, -0.1) is 0 Å². The molecular formula is C11H8Br2ClN3. The Morgan fingerprint density at radius 3 is 2.41 bits per heavy atom. The molecule has 0 saturated carbocycles. The smallest absolute Gasteiger partial charge is 0.135 e. The molecule has 1 heterocycles. The lowest BCUT2D eigenvalue weighted by Crippen LogP contribution is -1.98. The van der Waals surface area contributed by atoms with Crippen molar-refractivity contribution in [3.63, 3.8) is 0 Å². The molecule has 0 atom stereocenters. The molecule has 0 aliphatic heterocycles. The third kappa shape index (κ3) is 3.18. The Balaban J connectivity index is 2.38. The fraction of sp³-hybridized carbons (Fsp3) is 0.0909. The first-order valence-corrected chi connectivity index (χ1v) is 6.75. The zero-order valence-electron chi connectivity index (χ0n) is 8.84. The molecule has 0 spiro atoms. The van der Waals surface area contributed by atoms with Crippen LogP contribution in [0.1, 0.15) is 5.82 Å². The van der Waals surface area contributed by atoms with E-state index in [2.05, 4.69) is 47.1 Å². The molecule has 0 bridgehead atoms. The lowest BCUT2D eigenvalue weighted by Gasteiger charge is -2.10. The molecule has 1 aromatic heterocycles. The van der Waals surface area contributed by atoms with Crippen molar-refractivity contribution >= 4 is 55.0 Å². The number of nitrogens with one attached hydrogen (secondary N) is 1. The molecule has 3 nitrogen and oxygen atoms in total. The highest BCUT2D eigenvalue weighted by atomic mass is 79.9. The summed E-state index contributed by atoms with van der Waals surface area (Å²) in [6, 6.07) is 7.52. The van der Waals surface area contributed by atoms with E-state index >= 15 is 0 Å². The average Bonchev–Trinajstić information content (AvgIpc) is 2.22. The van der Waals surface area contributed by atoms with Crippen LogP contribution in [-0.4, -0.2) is 9.97 Å². The van der Waals surface area contributed by atoms with Gasteiger partial charge >= 0.3 is 0 Å². The lowest BCUT2D eigenvalue weighted by molar-refractivity contribution is 1.06. The molecule has 6 heteroatoms. The molecular weight excluding hydrogens is 369 g/mol. The first kappa shape index (κ1) is 12.8. The van der Waals surface area contributed by atoms with E-state index in [0.29, 0.717) is 16.8 Å². The van der Waals surface area contributed by atoms with E-state index < -0.39 is 0 Å². The molecule has 2 aromatic rings. The number of aromatic nitrogens is 2. The Hall–Kier alpha value is -0.650. The van der Waals surface area contributed by atoms with Crippen molar-refractivity contribution in [1.82, 2.24) is 9.97 Å². The Morgan fingerprint density at radius 2 is 1.82 bits per heavy atom. The predicted molar refractivity (Wildman–Crippen MR) is 76.9 cm³/mol. The second kappa shape index (κ2) is 5.33. The number of halogens is 3. The van der Waals surface area contributed by atoms with Crippen molar-refractivity contribution in [2.24, 2.45) is 0 Å². The van der Waals surface area contributed by atoms with Crippen LogP contribution in [0.3, 0.4) is 0 Å². The predicted octanol–water partition coefficient (Wildman–Crippen LogP) is 4.71. The summed E-state index contributed by atoms with van der Waals surface area (Å²) in [6.07, 6.45) is 0. The maximum Gasteiger partial charge on any atom is 0.135 e. The fourth-order valence-corrected chi connectivity index (χ4v) is 2.76.